The molecule has 1 aliphatic rings. The Labute approximate surface area is 188 Å². The molecule has 0 spiro atoms. The van der Waals surface area contributed by atoms with E-state index in [1.165, 1.54) is 0 Å². The molecular formula is C25H30ClFO4. The molecule has 1 N–H and O–H groups in total. The molecule has 0 saturated heterocycles. The molecule has 0 aromatic heterocycles. The maximum Gasteiger partial charge on any atom is 0.303 e. The van der Waals surface area contributed by atoms with Crippen molar-refractivity contribution in [1.29, 1.82) is 0 Å². The summed E-state index contributed by atoms with van der Waals surface area (Å²) in [5.74, 6) is 0.0133. The number of halogens is 2. The minimum absolute atomic E-state index is 0.0316. The average Bonchev–Trinajstić information content (AvgIpc) is 2.98. The summed E-state index contributed by atoms with van der Waals surface area (Å²) in [6, 6.07) is 7.05. The minimum atomic E-state index is -0.895. The van der Waals surface area contributed by atoms with Crippen molar-refractivity contribution in [3.63, 3.8) is 0 Å². The average molecular weight is 449 g/mol. The van der Waals surface area contributed by atoms with Gasteiger partial charge in [-0.25, -0.2) is 4.39 Å². The Morgan fingerprint density at radius 3 is 2.68 bits per heavy atom. The highest BCUT2D eigenvalue weighted by atomic mass is 35.5. The van der Waals surface area contributed by atoms with Crippen molar-refractivity contribution in [2.24, 2.45) is 5.92 Å². The molecule has 2 aromatic carbocycles. The van der Waals surface area contributed by atoms with Gasteiger partial charge >= 0.3 is 5.97 Å². The number of carboxylic acid groups (broad SMARTS) is 1. The van der Waals surface area contributed by atoms with E-state index in [-0.39, 0.29) is 24.4 Å². The Morgan fingerprint density at radius 1 is 1.26 bits per heavy atom. The van der Waals surface area contributed by atoms with Crippen LogP contribution in [0.2, 0.25) is 5.02 Å². The summed E-state index contributed by atoms with van der Waals surface area (Å²) >= 11 is 6.28. The number of rotatable bonds is 9. The van der Waals surface area contributed by atoms with Crippen LogP contribution in [0.3, 0.4) is 0 Å². The molecule has 0 atom stereocenters. The third kappa shape index (κ3) is 5.91. The number of aryl methyl sites for hydroxylation is 1. The summed E-state index contributed by atoms with van der Waals surface area (Å²) in [4.78, 5) is 11.0. The van der Waals surface area contributed by atoms with Gasteiger partial charge in [-0.2, -0.15) is 0 Å². The molecule has 2 aromatic rings. The molecule has 1 aliphatic heterocycles. The van der Waals surface area contributed by atoms with Crippen molar-refractivity contribution < 1.29 is 23.8 Å². The number of fused-ring (bicyclic) bond motifs is 1. The standard InChI is InChI=1S/C25H30ClFO4/c1-15(2)5-8-20-16(7-10-22(28)29)6-9-21(23(20)27)30-14-18-12-19(26)11-17-13-25(3,4)31-24(17)18/h6,9,11-12,15H,5,7-8,10,13-14H2,1-4H3,(H,28,29). The predicted octanol–water partition coefficient (Wildman–Crippen LogP) is 6.38. The summed E-state index contributed by atoms with van der Waals surface area (Å²) in [6.45, 7) is 8.32. The first kappa shape index (κ1) is 23.4. The lowest BCUT2D eigenvalue weighted by Crippen LogP contribution is -2.25. The topological polar surface area (TPSA) is 55.8 Å². The molecule has 3 rings (SSSR count). The molecule has 4 nitrogen and oxygen atoms in total. The lowest BCUT2D eigenvalue weighted by atomic mass is 9.95. The van der Waals surface area contributed by atoms with Gasteiger partial charge in [0.2, 0.25) is 0 Å². The van der Waals surface area contributed by atoms with E-state index in [1.54, 1.807) is 18.2 Å². The van der Waals surface area contributed by atoms with E-state index >= 15 is 4.39 Å². The first-order chi connectivity index (χ1) is 14.6. The number of carboxylic acids is 1. The van der Waals surface area contributed by atoms with Gasteiger partial charge in [-0.1, -0.05) is 31.5 Å². The van der Waals surface area contributed by atoms with Crippen LogP contribution >= 0.6 is 11.6 Å². The maximum atomic E-state index is 15.4. The van der Waals surface area contributed by atoms with Crippen molar-refractivity contribution >= 4 is 17.6 Å². The van der Waals surface area contributed by atoms with Gasteiger partial charge in [0.15, 0.2) is 11.6 Å². The zero-order valence-electron chi connectivity index (χ0n) is 18.6. The van der Waals surface area contributed by atoms with Gasteiger partial charge in [-0.3, -0.25) is 4.79 Å². The van der Waals surface area contributed by atoms with E-state index in [0.29, 0.717) is 29.3 Å². The van der Waals surface area contributed by atoms with Crippen molar-refractivity contribution in [2.45, 2.75) is 72.0 Å². The molecule has 0 radical (unpaired) electrons. The Morgan fingerprint density at radius 2 is 2.00 bits per heavy atom. The second-order valence-electron chi connectivity index (χ2n) is 9.22. The Balaban J connectivity index is 1.84. The van der Waals surface area contributed by atoms with E-state index in [9.17, 15) is 4.79 Å². The zero-order chi connectivity index (χ0) is 22.8. The smallest absolute Gasteiger partial charge is 0.303 e. The summed E-state index contributed by atoms with van der Waals surface area (Å²) < 4.78 is 27.3. The monoisotopic (exact) mass is 448 g/mol. The number of hydrogen-bond acceptors (Lipinski definition) is 3. The third-order valence-electron chi connectivity index (χ3n) is 5.47. The van der Waals surface area contributed by atoms with E-state index in [4.69, 9.17) is 26.2 Å². The Kier molecular flexibility index (Phi) is 7.15. The second-order valence-corrected chi connectivity index (χ2v) is 9.66. The highest BCUT2D eigenvalue weighted by molar-refractivity contribution is 6.30. The summed E-state index contributed by atoms with van der Waals surface area (Å²) in [6.07, 6.45) is 2.37. The van der Waals surface area contributed by atoms with Gasteiger partial charge in [0.05, 0.1) is 0 Å². The van der Waals surface area contributed by atoms with Gasteiger partial charge in [0.25, 0.3) is 0 Å². The molecule has 6 heteroatoms. The summed E-state index contributed by atoms with van der Waals surface area (Å²) in [7, 11) is 0. The third-order valence-corrected chi connectivity index (χ3v) is 5.69. The van der Waals surface area contributed by atoms with Crippen molar-refractivity contribution in [3.8, 4) is 11.5 Å². The van der Waals surface area contributed by atoms with Gasteiger partial charge < -0.3 is 14.6 Å². The van der Waals surface area contributed by atoms with E-state index in [0.717, 1.165) is 35.3 Å². The molecule has 0 aliphatic carbocycles. The number of carbonyl (C=O) groups is 1. The normalized spacial score (nSPS) is 14.4. The fourth-order valence-corrected chi connectivity index (χ4v) is 4.20. The maximum absolute atomic E-state index is 15.4. The van der Waals surface area contributed by atoms with Crippen LogP contribution in [-0.4, -0.2) is 16.7 Å². The SMILES string of the molecule is CC(C)CCc1c(CCC(=O)O)ccc(OCc2cc(Cl)cc3c2OC(C)(C)C3)c1F. The van der Waals surface area contributed by atoms with E-state index < -0.39 is 11.8 Å². The van der Waals surface area contributed by atoms with Crippen molar-refractivity contribution in [2.75, 3.05) is 0 Å². The number of hydrogen-bond donors (Lipinski definition) is 1. The van der Waals surface area contributed by atoms with Crippen LogP contribution in [0.5, 0.6) is 11.5 Å². The molecule has 0 unspecified atom stereocenters. The highest BCUT2D eigenvalue weighted by Gasteiger charge is 2.32. The van der Waals surface area contributed by atoms with Crippen molar-refractivity contribution in [1.82, 2.24) is 0 Å². The van der Waals surface area contributed by atoms with Gasteiger partial charge in [-0.15, -0.1) is 0 Å². The Hall–Kier alpha value is -2.27. The summed E-state index contributed by atoms with van der Waals surface area (Å²) in [5.41, 5.74) is 2.76. The fourth-order valence-electron chi connectivity index (χ4n) is 3.94. The first-order valence-corrected chi connectivity index (χ1v) is 11.1. The lowest BCUT2D eigenvalue weighted by Gasteiger charge is -2.19. The minimum Gasteiger partial charge on any atom is -0.487 e. The summed E-state index contributed by atoms with van der Waals surface area (Å²) in [5, 5.41) is 9.61. The van der Waals surface area contributed by atoms with Gasteiger partial charge in [0, 0.05) is 23.4 Å². The van der Waals surface area contributed by atoms with E-state index in [1.807, 2.05) is 19.9 Å². The van der Waals surface area contributed by atoms with Crippen LogP contribution in [0.25, 0.3) is 0 Å². The first-order valence-electron chi connectivity index (χ1n) is 10.7. The second kappa shape index (κ2) is 9.47. The molecule has 0 amide bonds. The molecular weight excluding hydrogens is 419 g/mol. The fraction of sp³-hybridized carbons (Fsp3) is 0.480. The van der Waals surface area contributed by atoms with Crippen LogP contribution < -0.4 is 9.47 Å². The van der Waals surface area contributed by atoms with Gasteiger partial charge in [-0.05, 0) is 73.9 Å². The molecule has 168 valence electrons. The predicted molar refractivity (Wildman–Crippen MR) is 120 cm³/mol. The van der Waals surface area contributed by atoms with Crippen LogP contribution in [-0.2, 0) is 30.7 Å². The van der Waals surface area contributed by atoms with E-state index in [2.05, 4.69) is 13.8 Å². The zero-order valence-corrected chi connectivity index (χ0v) is 19.3. The molecule has 0 saturated carbocycles. The molecule has 31 heavy (non-hydrogen) atoms. The highest BCUT2D eigenvalue weighted by Crippen LogP contribution is 2.40. The van der Waals surface area contributed by atoms with Gasteiger partial charge in [0.1, 0.15) is 18.0 Å². The molecule has 0 fully saturated rings. The largest absolute Gasteiger partial charge is 0.487 e. The van der Waals surface area contributed by atoms with Crippen LogP contribution in [0.15, 0.2) is 24.3 Å². The van der Waals surface area contributed by atoms with Crippen LogP contribution in [0, 0.1) is 11.7 Å². The van der Waals surface area contributed by atoms with Crippen LogP contribution in [0.4, 0.5) is 4.39 Å². The lowest BCUT2D eigenvalue weighted by molar-refractivity contribution is -0.136. The Bertz CT molecular complexity index is 968. The van der Waals surface area contributed by atoms with Crippen LogP contribution in [0.1, 0.15) is 62.8 Å². The quantitative estimate of drug-likeness (QED) is 0.483. The molecule has 1 heterocycles. The number of benzene rings is 2. The molecule has 0 bridgehead atoms. The van der Waals surface area contributed by atoms with Crippen molar-refractivity contribution in [3.05, 3.63) is 57.4 Å². The number of aliphatic carboxylic acids is 1. The number of ether oxygens (including phenoxy) is 2.